The van der Waals surface area contributed by atoms with E-state index in [1.165, 1.54) is 12.0 Å². The Kier molecular flexibility index (Phi) is 9.19. The molecule has 3 aliphatic rings. The fourth-order valence-corrected chi connectivity index (χ4v) is 6.10. The Hall–Kier alpha value is -2.67. The van der Waals surface area contributed by atoms with Gasteiger partial charge in [-0.2, -0.15) is 0 Å². The van der Waals surface area contributed by atoms with Crippen LogP contribution in [0, 0.1) is 11.8 Å². The summed E-state index contributed by atoms with van der Waals surface area (Å²) < 4.78 is 0. The van der Waals surface area contributed by atoms with Crippen molar-refractivity contribution in [3.63, 3.8) is 0 Å². The number of rotatable bonds is 9. The number of fused-ring (bicyclic) bond motifs is 1. The zero-order valence-corrected chi connectivity index (χ0v) is 21.8. The first-order valence-electron chi connectivity index (χ1n) is 13.8. The number of nitrogens with one attached hydrogen (secondary N) is 2. The van der Waals surface area contributed by atoms with Crippen LogP contribution in [0.25, 0.3) is 0 Å². The van der Waals surface area contributed by atoms with Crippen LogP contribution >= 0.6 is 0 Å². The summed E-state index contributed by atoms with van der Waals surface area (Å²) in [6.45, 7) is 3.33. The minimum atomic E-state index is -0.600. The number of benzene rings is 1. The van der Waals surface area contributed by atoms with Gasteiger partial charge in [0.15, 0.2) is 0 Å². The molecule has 7 heteroatoms. The molecule has 4 atom stereocenters. The highest BCUT2D eigenvalue weighted by Gasteiger charge is 2.45. The van der Waals surface area contributed by atoms with Crippen molar-refractivity contribution in [2.75, 3.05) is 20.1 Å². The van der Waals surface area contributed by atoms with Crippen molar-refractivity contribution >= 4 is 17.7 Å². The van der Waals surface area contributed by atoms with Gasteiger partial charge in [-0.05, 0) is 57.1 Å². The molecule has 2 heterocycles. The van der Waals surface area contributed by atoms with Gasteiger partial charge in [-0.25, -0.2) is 0 Å². The normalized spacial score (nSPS) is 24.2. The van der Waals surface area contributed by atoms with E-state index < -0.39 is 12.1 Å². The zero-order chi connectivity index (χ0) is 25.5. The van der Waals surface area contributed by atoms with Gasteiger partial charge in [0.05, 0.1) is 6.04 Å². The number of nitrogens with zero attached hydrogens (tertiary/aromatic N) is 2. The van der Waals surface area contributed by atoms with Gasteiger partial charge in [0.2, 0.25) is 17.7 Å². The van der Waals surface area contributed by atoms with E-state index in [4.69, 9.17) is 0 Å². The molecule has 0 bridgehead atoms. The van der Waals surface area contributed by atoms with Gasteiger partial charge in [0.1, 0.15) is 12.1 Å². The van der Waals surface area contributed by atoms with Crippen molar-refractivity contribution in [3.05, 3.63) is 48.2 Å². The summed E-state index contributed by atoms with van der Waals surface area (Å²) >= 11 is 0. The van der Waals surface area contributed by atoms with Gasteiger partial charge in [-0.3, -0.25) is 14.4 Å². The summed E-state index contributed by atoms with van der Waals surface area (Å²) in [7, 11) is 1.77. The Morgan fingerprint density at radius 2 is 1.81 bits per heavy atom. The summed E-state index contributed by atoms with van der Waals surface area (Å²) in [5.41, 5.74) is 1.21. The molecule has 0 aromatic heterocycles. The molecule has 7 nitrogen and oxygen atoms in total. The van der Waals surface area contributed by atoms with Crippen LogP contribution < -0.4 is 10.6 Å². The molecule has 1 saturated heterocycles. The lowest BCUT2D eigenvalue weighted by Gasteiger charge is -2.36. The van der Waals surface area contributed by atoms with Crippen LogP contribution in [-0.4, -0.2) is 65.8 Å². The third-order valence-corrected chi connectivity index (χ3v) is 8.26. The molecule has 1 unspecified atom stereocenters. The second kappa shape index (κ2) is 12.5. The lowest BCUT2D eigenvalue weighted by molar-refractivity contribution is -0.145. The van der Waals surface area contributed by atoms with Gasteiger partial charge in [-0.1, -0.05) is 62.6 Å². The van der Waals surface area contributed by atoms with Crippen molar-refractivity contribution in [2.45, 2.75) is 82.8 Å². The standard InChI is InChI=1S/C29H42N4O3/c1-3-24(30-2)27(34)31-25(22-13-8-5-9-14-22)28(35)33-20-17-23-15-10-18-32(29(36)26(23)33)19-16-21-11-6-4-7-12-21/h4,6-7,11-12,17,20,22-26,30H,3,5,8-10,13-16,18-19H2,1-2H3,(H,31,34)/t23-,24?,25-,26+/m0/s1. The van der Waals surface area contributed by atoms with Crippen molar-refractivity contribution < 1.29 is 14.4 Å². The Morgan fingerprint density at radius 1 is 1.06 bits per heavy atom. The van der Waals surface area contributed by atoms with Crippen molar-refractivity contribution in [3.8, 4) is 0 Å². The molecule has 1 aromatic rings. The Morgan fingerprint density at radius 3 is 2.50 bits per heavy atom. The monoisotopic (exact) mass is 494 g/mol. The highest BCUT2D eigenvalue weighted by molar-refractivity contribution is 5.95. The zero-order valence-electron chi connectivity index (χ0n) is 21.8. The molecule has 2 N–H and O–H groups in total. The van der Waals surface area contributed by atoms with E-state index >= 15 is 0 Å². The number of likely N-dealkylation sites (N-methyl/N-ethyl adjacent to an activating group) is 1. The number of likely N-dealkylation sites (tertiary alicyclic amines) is 1. The lowest BCUT2D eigenvalue weighted by atomic mass is 9.83. The van der Waals surface area contributed by atoms with E-state index in [0.717, 1.165) is 51.5 Å². The summed E-state index contributed by atoms with van der Waals surface area (Å²) in [6, 6.07) is 8.77. The smallest absolute Gasteiger partial charge is 0.250 e. The van der Waals surface area contributed by atoms with Crippen LogP contribution in [0.15, 0.2) is 42.6 Å². The Labute approximate surface area is 215 Å². The van der Waals surface area contributed by atoms with Crippen LogP contribution in [0.2, 0.25) is 0 Å². The van der Waals surface area contributed by atoms with E-state index in [-0.39, 0.29) is 35.6 Å². The highest BCUT2D eigenvalue weighted by Crippen LogP contribution is 2.33. The van der Waals surface area contributed by atoms with Crippen LogP contribution in [0.1, 0.15) is 63.9 Å². The Balaban J connectivity index is 1.51. The fraction of sp³-hybridized carbons (Fsp3) is 0.621. The maximum atomic E-state index is 14.0. The maximum absolute atomic E-state index is 14.0. The molecule has 36 heavy (non-hydrogen) atoms. The van der Waals surface area contributed by atoms with Crippen LogP contribution in [0.3, 0.4) is 0 Å². The molecule has 1 aromatic carbocycles. The number of carbonyl (C=O) groups is 3. The largest absolute Gasteiger partial charge is 0.343 e. The molecule has 3 amide bonds. The van der Waals surface area contributed by atoms with Crippen molar-refractivity contribution in [1.29, 1.82) is 0 Å². The minimum Gasteiger partial charge on any atom is -0.343 e. The molecule has 1 aliphatic carbocycles. The first-order chi connectivity index (χ1) is 17.5. The van der Waals surface area contributed by atoms with E-state index in [2.05, 4.69) is 22.8 Å². The van der Waals surface area contributed by atoms with E-state index in [0.29, 0.717) is 13.0 Å². The second-order valence-electron chi connectivity index (χ2n) is 10.5. The van der Waals surface area contributed by atoms with Gasteiger partial charge < -0.3 is 20.4 Å². The quantitative estimate of drug-likeness (QED) is 0.552. The van der Waals surface area contributed by atoms with Crippen LogP contribution in [-0.2, 0) is 20.8 Å². The predicted octanol–water partition coefficient (Wildman–Crippen LogP) is 3.26. The molecule has 4 rings (SSSR count). The first kappa shape index (κ1) is 26.4. The molecule has 0 radical (unpaired) electrons. The predicted molar refractivity (Wildman–Crippen MR) is 141 cm³/mol. The van der Waals surface area contributed by atoms with Gasteiger partial charge in [0.25, 0.3) is 0 Å². The van der Waals surface area contributed by atoms with Gasteiger partial charge in [-0.15, -0.1) is 0 Å². The molecule has 2 aliphatic heterocycles. The molecular formula is C29H42N4O3. The van der Waals surface area contributed by atoms with Crippen LogP contribution in [0.4, 0.5) is 0 Å². The van der Waals surface area contributed by atoms with E-state index in [9.17, 15) is 14.4 Å². The number of amides is 3. The molecule has 0 spiro atoms. The van der Waals surface area contributed by atoms with Gasteiger partial charge >= 0.3 is 0 Å². The maximum Gasteiger partial charge on any atom is 0.250 e. The SMILES string of the molecule is CCC(NC)C(=O)N[C@H](C(=O)N1C=C[C@@H]2CCCN(CCc3ccccc3)C(=O)[C@@H]21)C1CCCCC1. The molecular weight excluding hydrogens is 452 g/mol. The van der Waals surface area contributed by atoms with E-state index in [1.54, 1.807) is 11.9 Å². The molecule has 2 fully saturated rings. The second-order valence-corrected chi connectivity index (χ2v) is 10.5. The molecule has 196 valence electrons. The number of hydrogen-bond donors (Lipinski definition) is 2. The topological polar surface area (TPSA) is 81.8 Å². The van der Waals surface area contributed by atoms with Crippen molar-refractivity contribution in [1.82, 2.24) is 20.4 Å². The Bertz CT molecular complexity index is 924. The molecule has 1 saturated carbocycles. The fourth-order valence-electron chi connectivity index (χ4n) is 6.10. The summed E-state index contributed by atoms with van der Waals surface area (Å²) in [4.78, 5) is 44.4. The number of hydrogen-bond acceptors (Lipinski definition) is 4. The van der Waals surface area contributed by atoms with Gasteiger partial charge in [0, 0.05) is 25.2 Å². The van der Waals surface area contributed by atoms with Crippen LogP contribution in [0.5, 0.6) is 0 Å². The highest BCUT2D eigenvalue weighted by atomic mass is 16.2. The minimum absolute atomic E-state index is 0.0298. The average molecular weight is 495 g/mol. The summed E-state index contributed by atoms with van der Waals surface area (Å²) in [6.07, 6.45) is 12.3. The van der Waals surface area contributed by atoms with E-state index in [1.807, 2.05) is 42.3 Å². The lowest BCUT2D eigenvalue weighted by Crippen LogP contribution is -2.58. The summed E-state index contributed by atoms with van der Waals surface area (Å²) in [5.74, 6) is -0.107. The third kappa shape index (κ3) is 6.00. The third-order valence-electron chi connectivity index (χ3n) is 8.26. The average Bonchev–Trinajstić information content (AvgIpc) is 3.27. The first-order valence-corrected chi connectivity index (χ1v) is 13.8. The van der Waals surface area contributed by atoms with Crippen molar-refractivity contribution in [2.24, 2.45) is 11.8 Å². The number of carbonyl (C=O) groups excluding carboxylic acids is 3. The summed E-state index contributed by atoms with van der Waals surface area (Å²) in [5, 5.41) is 6.15.